The number of halogens is 2. The van der Waals surface area contributed by atoms with E-state index in [1.807, 2.05) is 12.1 Å². The number of allylic oxidation sites excluding steroid dienone is 1. The van der Waals surface area contributed by atoms with Crippen molar-refractivity contribution in [3.63, 3.8) is 0 Å². The second-order valence-corrected chi connectivity index (χ2v) is 7.43. The minimum Gasteiger partial charge on any atom is -0.208 e. The largest absolute Gasteiger partial charge is 0.208 e. The highest BCUT2D eigenvalue weighted by Crippen LogP contribution is 2.39. The number of hydrogen-bond acceptors (Lipinski definition) is 0. The second kappa shape index (κ2) is 8.12. The highest BCUT2D eigenvalue weighted by atomic mass is 19.2. The van der Waals surface area contributed by atoms with Crippen LogP contribution in [-0.2, 0) is 6.42 Å². The van der Waals surface area contributed by atoms with E-state index in [0.717, 1.165) is 55.7 Å². The molecule has 2 heteroatoms. The van der Waals surface area contributed by atoms with Crippen LogP contribution < -0.4 is 0 Å². The maximum absolute atomic E-state index is 14.7. The van der Waals surface area contributed by atoms with Gasteiger partial charge in [0.15, 0.2) is 5.83 Å². The van der Waals surface area contributed by atoms with Gasteiger partial charge in [0.25, 0.3) is 0 Å². The summed E-state index contributed by atoms with van der Waals surface area (Å²) in [7, 11) is 0. The Labute approximate surface area is 149 Å². The fraction of sp³-hybridized carbons (Fsp3) is 0.478. The summed E-state index contributed by atoms with van der Waals surface area (Å²) in [5.41, 5.74) is 1.66. The van der Waals surface area contributed by atoms with Crippen molar-refractivity contribution < 1.29 is 8.78 Å². The lowest BCUT2D eigenvalue weighted by molar-refractivity contribution is 0.268. The lowest BCUT2D eigenvalue weighted by atomic mass is 9.80. The van der Waals surface area contributed by atoms with E-state index in [4.69, 9.17) is 0 Å². The topological polar surface area (TPSA) is 0 Å². The van der Waals surface area contributed by atoms with Crippen LogP contribution in [0.25, 0.3) is 16.6 Å². The molecule has 0 nitrogen and oxygen atoms in total. The van der Waals surface area contributed by atoms with E-state index in [0.29, 0.717) is 11.5 Å². The fourth-order valence-electron chi connectivity index (χ4n) is 4.02. The Morgan fingerprint density at radius 2 is 1.60 bits per heavy atom. The molecule has 0 atom stereocenters. The minimum atomic E-state index is -0.667. The lowest BCUT2D eigenvalue weighted by Gasteiger charge is -2.26. The third-order valence-electron chi connectivity index (χ3n) is 5.69. The predicted molar refractivity (Wildman–Crippen MR) is 103 cm³/mol. The van der Waals surface area contributed by atoms with Crippen LogP contribution in [-0.4, -0.2) is 0 Å². The van der Waals surface area contributed by atoms with Crippen LogP contribution in [0, 0.1) is 11.8 Å². The van der Waals surface area contributed by atoms with Crippen LogP contribution in [0.2, 0.25) is 0 Å². The molecule has 2 aromatic rings. The molecule has 3 rings (SSSR count). The average Bonchev–Trinajstić information content (AvgIpc) is 2.66. The van der Waals surface area contributed by atoms with Crippen LogP contribution >= 0.6 is 0 Å². The molecule has 0 aromatic heterocycles. The fourth-order valence-corrected chi connectivity index (χ4v) is 4.02. The van der Waals surface area contributed by atoms with Gasteiger partial charge < -0.3 is 0 Å². The molecule has 0 amide bonds. The summed E-state index contributed by atoms with van der Waals surface area (Å²) < 4.78 is 29.4. The Bertz CT molecular complexity index is 752. The van der Waals surface area contributed by atoms with Gasteiger partial charge in [0.1, 0.15) is 5.83 Å². The first-order chi connectivity index (χ1) is 12.1. The molecule has 1 fully saturated rings. The number of fused-ring (bicyclic) bond motifs is 1. The van der Waals surface area contributed by atoms with E-state index in [1.54, 1.807) is 12.1 Å². The van der Waals surface area contributed by atoms with Gasteiger partial charge in [-0.15, -0.1) is 0 Å². The molecular formula is C23H28F2. The van der Waals surface area contributed by atoms with E-state index >= 15 is 0 Å². The zero-order chi connectivity index (χ0) is 17.8. The summed E-state index contributed by atoms with van der Waals surface area (Å²) in [5, 5.41) is 2.06. The monoisotopic (exact) mass is 342 g/mol. The summed E-state index contributed by atoms with van der Waals surface area (Å²) in [6.45, 7) is 4.34. The van der Waals surface area contributed by atoms with Crippen LogP contribution in [0.4, 0.5) is 8.78 Å². The average molecular weight is 342 g/mol. The molecule has 0 unspecified atom stereocenters. The number of benzene rings is 2. The van der Waals surface area contributed by atoms with Crippen molar-refractivity contribution in [3.8, 4) is 0 Å². The zero-order valence-electron chi connectivity index (χ0n) is 15.3. The molecule has 134 valence electrons. The Hall–Kier alpha value is -1.70. The first-order valence-electron chi connectivity index (χ1n) is 9.70. The van der Waals surface area contributed by atoms with Crippen molar-refractivity contribution in [2.75, 3.05) is 0 Å². The van der Waals surface area contributed by atoms with Gasteiger partial charge in [0.05, 0.1) is 0 Å². The second-order valence-electron chi connectivity index (χ2n) is 7.43. The molecule has 1 aliphatic rings. The smallest absolute Gasteiger partial charge is 0.162 e. The summed E-state index contributed by atoms with van der Waals surface area (Å²) in [5.74, 6) is -0.772. The third-order valence-corrected chi connectivity index (χ3v) is 5.69. The Balaban J connectivity index is 1.83. The predicted octanol–water partition coefficient (Wildman–Crippen LogP) is 7.62. The zero-order valence-corrected chi connectivity index (χ0v) is 15.3. The van der Waals surface area contributed by atoms with E-state index in [-0.39, 0.29) is 5.92 Å². The Morgan fingerprint density at radius 3 is 2.28 bits per heavy atom. The van der Waals surface area contributed by atoms with Gasteiger partial charge in [-0.25, -0.2) is 8.78 Å². The van der Waals surface area contributed by atoms with Crippen molar-refractivity contribution in [1.29, 1.82) is 0 Å². The molecular weight excluding hydrogens is 314 g/mol. The SMILES string of the molecule is CCCc1ccc2cc(C(F)=C(F)C3CCC(CC)CC3)ccc2c1. The first kappa shape index (κ1) is 18.1. The molecule has 1 aliphatic carbocycles. The van der Waals surface area contributed by atoms with Crippen LogP contribution in [0.3, 0.4) is 0 Å². The van der Waals surface area contributed by atoms with Crippen molar-refractivity contribution in [2.45, 2.75) is 58.8 Å². The summed E-state index contributed by atoms with van der Waals surface area (Å²) >= 11 is 0. The highest BCUT2D eigenvalue weighted by molar-refractivity contribution is 5.86. The van der Waals surface area contributed by atoms with Gasteiger partial charge in [0.2, 0.25) is 0 Å². The molecule has 25 heavy (non-hydrogen) atoms. The maximum Gasteiger partial charge on any atom is 0.162 e. The van der Waals surface area contributed by atoms with E-state index < -0.39 is 11.7 Å². The molecule has 2 aromatic carbocycles. The maximum atomic E-state index is 14.7. The Kier molecular flexibility index (Phi) is 5.88. The van der Waals surface area contributed by atoms with Crippen LogP contribution in [0.1, 0.15) is 63.5 Å². The molecule has 0 saturated heterocycles. The lowest BCUT2D eigenvalue weighted by Crippen LogP contribution is -2.14. The third kappa shape index (κ3) is 4.11. The van der Waals surface area contributed by atoms with E-state index in [1.165, 1.54) is 5.56 Å². The number of hydrogen-bond donors (Lipinski definition) is 0. The van der Waals surface area contributed by atoms with Crippen molar-refractivity contribution in [3.05, 3.63) is 53.4 Å². The van der Waals surface area contributed by atoms with Gasteiger partial charge in [-0.1, -0.05) is 57.0 Å². The highest BCUT2D eigenvalue weighted by Gasteiger charge is 2.26. The number of rotatable bonds is 5. The molecule has 0 bridgehead atoms. The first-order valence-corrected chi connectivity index (χ1v) is 9.70. The molecule has 1 saturated carbocycles. The summed E-state index contributed by atoms with van der Waals surface area (Å²) in [4.78, 5) is 0. The Morgan fingerprint density at radius 1 is 0.920 bits per heavy atom. The van der Waals surface area contributed by atoms with Gasteiger partial charge in [-0.2, -0.15) is 0 Å². The quantitative estimate of drug-likeness (QED) is 0.524. The van der Waals surface area contributed by atoms with Crippen molar-refractivity contribution in [1.82, 2.24) is 0 Å². The van der Waals surface area contributed by atoms with Gasteiger partial charge >= 0.3 is 0 Å². The molecule has 0 aliphatic heterocycles. The minimum absolute atomic E-state index is 0.245. The van der Waals surface area contributed by atoms with E-state index in [2.05, 4.69) is 26.0 Å². The van der Waals surface area contributed by atoms with Gasteiger partial charge in [0, 0.05) is 11.5 Å². The normalized spacial score (nSPS) is 22.1. The number of aryl methyl sites for hydroxylation is 1. The van der Waals surface area contributed by atoms with Crippen LogP contribution in [0.5, 0.6) is 0 Å². The standard InChI is InChI=1S/C23H28F2/c1-3-5-17-8-11-20-15-21(13-12-19(20)14-17)23(25)22(24)18-9-6-16(4-2)7-10-18/h8,11-16,18H,3-7,9-10H2,1-2H3. The molecule has 0 N–H and O–H groups in total. The molecule has 0 heterocycles. The summed E-state index contributed by atoms with van der Waals surface area (Å²) in [6, 6.07) is 11.6. The van der Waals surface area contributed by atoms with Crippen molar-refractivity contribution >= 4 is 16.6 Å². The van der Waals surface area contributed by atoms with Gasteiger partial charge in [-0.05, 0) is 60.4 Å². The molecule has 0 radical (unpaired) electrons. The van der Waals surface area contributed by atoms with Crippen LogP contribution in [0.15, 0.2) is 42.2 Å². The summed E-state index contributed by atoms with van der Waals surface area (Å²) in [6.07, 6.45) is 6.86. The van der Waals surface area contributed by atoms with E-state index in [9.17, 15) is 8.78 Å². The molecule has 0 spiro atoms. The van der Waals surface area contributed by atoms with Gasteiger partial charge in [-0.3, -0.25) is 0 Å². The van der Waals surface area contributed by atoms with Crippen molar-refractivity contribution in [2.24, 2.45) is 11.8 Å².